The topological polar surface area (TPSA) is 29.1 Å². The van der Waals surface area contributed by atoms with E-state index in [0.717, 1.165) is 17.4 Å². The summed E-state index contributed by atoms with van der Waals surface area (Å²) < 4.78 is 0. The predicted octanol–water partition coefficient (Wildman–Crippen LogP) is 3.64. The molecule has 1 aromatic rings. The van der Waals surface area contributed by atoms with E-state index in [1.54, 1.807) is 6.08 Å². The Bertz CT molecular complexity index is 493. The molecule has 0 spiro atoms. The highest BCUT2D eigenvalue weighted by Crippen LogP contribution is 2.49. The molecule has 1 amide bonds. The molecule has 2 aliphatic rings. The first-order chi connectivity index (χ1) is 9.72. The molecule has 4 atom stereocenters. The summed E-state index contributed by atoms with van der Waals surface area (Å²) in [6.45, 7) is 2.17. The van der Waals surface area contributed by atoms with Crippen molar-refractivity contribution >= 4 is 12.0 Å². The summed E-state index contributed by atoms with van der Waals surface area (Å²) in [6, 6.07) is 10.3. The first-order valence-electron chi connectivity index (χ1n) is 7.76. The fraction of sp³-hybridized carbons (Fsp3) is 0.500. The minimum absolute atomic E-state index is 0.0316. The number of amides is 1. The summed E-state index contributed by atoms with van der Waals surface area (Å²) in [7, 11) is 0. The Hall–Kier alpha value is -1.57. The number of fused-ring (bicyclic) bond motifs is 2. The fourth-order valence-electron chi connectivity index (χ4n) is 4.02. The largest absolute Gasteiger partial charge is 0.350 e. The Labute approximate surface area is 121 Å². The van der Waals surface area contributed by atoms with E-state index in [9.17, 15) is 4.79 Å². The molecule has 2 heteroatoms. The zero-order chi connectivity index (χ0) is 13.9. The number of carbonyl (C=O) groups excluding carboxylic acids is 1. The van der Waals surface area contributed by atoms with Crippen LogP contribution in [0, 0.1) is 17.8 Å². The van der Waals surface area contributed by atoms with Gasteiger partial charge in [-0.1, -0.05) is 36.8 Å². The summed E-state index contributed by atoms with van der Waals surface area (Å²) >= 11 is 0. The SMILES string of the molecule is C[C@H](NC(=O)/C=C/c1ccccc1)[C@H]1C[C@H]2CC[C@H]1C2. The number of nitrogens with one attached hydrogen (secondary N) is 1. The maximum absolute atomic E-state index is 12.0. The molecule has 2 aliphatic carbocycles. The molecule has 2 bridgehead atoms. The molecule has 1 N–H and O–H groups in total. The third-order valence-corrected chi connectivity index (χ3v) is 5.03. The lowest BCUT2D eigenvalue weighted by Crippen LogP contribution is -2.39. The maximum atomic E-state index is 12.0. The van der Waals surface area contributed by atoms with Crippen molar-refractivity contribution < 1.29 is 4.79 Å². The van der Waals surface area contributed by atoms with Crippen molar-refractivity contribution in [2.45, 2.75) is 38.6 Å². The summed E-state index contributed by atoms with van der Waals surface area (Å²) in [6.07, 6.45) is 9.02. The molecule has 1 aromatic carbocycles. The smallest absolute Gasteiger partial charge is 0.244 e. The Kier molecular flexibility index (Phi) is 3.90. The van der Waals surface area contributed by atoms with Crippen molar-refractivity contribution in [1.82, 2.24) is 5.32 Å². The third-order valence-electron chi connectivity index (χ3n) is 5.03. The minimum atomic E-state index is 0.0316. The van der Waals surface area contributed by atoms with E-state index in [4.69, 9.17) is 0 Å². The van der Waals surface area contributed by atoms with E-state index in [1.165, 1.54) is 25.7 Å². The van der Waals surface area contributed by atoms with Gasteiger partial charge in [0.05, 0.1) is 0 Å². The van der Waals surface area contributed by atoms with Gasteiger partial charge in [0, 0.05) is 12.1 Å². The standard InChI is InChI=1S/C18H23NO/c1-13(17-12-15-7-9-16(17)11-15)19-18(20)10-8-14-5-3-2-4-6-14/h2-6,8,10,13,15-17H,7,9,11-12H2,1H3,(H,19,20)/b10-8+/t13-,15-,16-,17+/m0/s1. The van der Waals surface area contributed by atoms with Crippen LogP contribution in [0.25, 0.3) is 6.08 Å². The van der Waals surface area contributed by atoms with Crippen molar-refractivity contribution in [3.63, 3.8) is 0 Å². The van der Waals surface area contributed by atoms with Gasteiger partial charge in [0.2, 0.25) is 5.91 Å². The van der Waals surface area contributed by atoms with Crippen LogP contribution in [0.5, 0.6) is 0 Å². The lowest BCUT2D eigenvalue weighted by Gasteiger charge is -2.28. The summed E-state index contributed by atoms with van der Waals surface area (Å²) in [5, 5.41) is 3.15. The van der Waals surface area contributed by atoms with Gasteiger partial charge < -0.3 is 5.32 Å². The Balaban J connectivity index is 1.52. The molecule has 0 saturated heterocycles. The van der Waals surface area contributed by atoms with Crippen molar-refractivity contribution in [1.29, 1.82) is 0 Å². The second-order valence-electron chi connectivity index (χ2n) is 6.38. The average Bonchev–Trinajstić information content (AvgIpc) is 3.09. The summed E-state index contributed by atoms with van der Waals surface area (Å²) in [5.41, 5.74) is 1.07. The van der Waals surface area contributed by atoms with Gasteiger partial charge in [-0.3, -0.25) is 4.79 Å². The van der Waals surface area contributed by atoms with E-state index in [2.05, 4.69) is 12.2 Å². The highest BCUT2D eigenvalue weighted by atomic mass is 16.1. The summed E-state index contributed by atoms with van der Waals surface area (Å²) in [4.78, 5) is 12.0. The van der Waals surface area contributed by atoms with Gasteiger partial charge in [0.15, 0.2) is 0 Å². The van der Waals surface area contributed by atoms with Crippen LogP contribution in [0.15, 0.2) is 36.4 Å². The highest BCUT2D eigenvalue weighted by Gasteiger charge is 2.41. The molecule has 2 fully saturated rings. The lowest BCUT2D eigenvalue weighted by molar-refractivity contribution is -0.117. The number of hydrogen-bond donors (Lipinski definition) is 1. The Morgan fingerprint density at radius 2 is 2.05 bits per heavy atom. The third kappa shape index (κ3) is 2.95. The van der Waals surface area contributed by atoms with Crippen LogP contribution in [-0.2, 0) is 4.79 Å². The molecule has 0 heterocycles. The molecular formula is C18H23NO. The molecule has 2 saturated carbocycles. The quantitative estimate of drug-likeness (QED) is 0.831. The van der Waals surface area contributed by atoms with Crippen LogP contribution in [0.4, 0.5) is 0 Å². The summed E-state index contributed by atoms with van der Waals surface area (Å²) in [5.74, 6) is 2.52. The number of hydrogen-bond acceptors (Lipinski definition) is 1. The van der Waals surface area contributed by atoms with Crippen LogP contribution in [0.3, 0.4) is 0 Å². The van der Waals surface area contributed by atoms with Gasteiger partial charge in [-0.15, -0.1) is 0 Å². The van der Waals surface area contributed by atoms with Gasteiger partial charge in [0.25, 0.3) is 0 Å². The van der Waals surface area contributed by atoms with Crippen LogP contribution in [0.1, 0.15) is 38.2 Å². The molecule has 0 aromatic heterocycles. The normalized spacial score (nSPS) is 29.8. The Morgan fingerprint density at radius 1 is 1.25 bits per heavy atom. The van der Waals surface area contributed by atoms with Crippen LogP contribution in [-0.4, -0.2) is 11.9 Å². The minimum Gasteiger partial charge on any atom is -0.350 e. The fourth-order valence-corrected chi connectivity index (χ4v) is 4.02. The molecule has 106 valence electrons. The second kappa shape index (κ2) is 5.82. The molecule has 0 unspecified atom stereocenters. The second-order valence-corrected chi connectivity index (χ2v) is 6.38. The monoisotopic (exact) mass is 269 g/mol. The molecule has 2 nitrogen and oxygen atoms in total. The first-order valence-corrected chi connectivity index (χ1v) is 7.76. The number of carbonyl (C=O) groups is 1. The molecule has 3 rings (SSSR count). The van der Waals surface area contributed by atoms with Gasteiger partial charge in [0.1, 0.15) is 0 Å². The van der Waals surface area contributed by atoms with Crippen molar-refractivity contribution in [3.8, 4) is 0 Å². The van der Waals surface area contributed by atoms with Gasteiger partial charge in [-0.05, 0) is 55.6 Å². The van der Waals surface area contributed by atoms with E-state index in [0.29, 0.717) is 12.0 Å². The predicted molar refractivity (Wildman–Crippen MR) is 82.0 cm³/mol. The van der Waals surface area contributed by atoms with Crippen LogP contribution in [0.2, 0.25) is 0 Å². The van der Waals surface area contributed by atoms with Crippen molar-refractivity contribution in [3.05, 3.63) is 42.0 Å². The molecule has 0 aliphatic heterocycles. The van der Waals surface area contributed by atoms with E-state index in [1.807, 2.05) is 36.4 Å². The zero-order valence-electron chi connectivity index (χ0n) is 12.1. The van der Waals surface area contributed by atoms with Crippen LogP contribution >= 0.6 is 0 Å². The van der Waals surface area contributed by atoms with E-state index in [-0.39, 0.29) is 5.91 Å². The van der Waals surface area contributed by atoms with Gasteiger partial charge >= 0.3 is 0 Å². The lowest BCUT2D eigenvalue weighted by atomic mass is 9.84. The Morgan fingerprint density at radius 3 is 2.70 bits per heavy atom. The first kappa shape index (κ1) is 13.4. The van der Waals surface area contributed by atoms with Crippen LogP contribution < -0.4 is 5.32 Å². The molecule has 20 heavy (non-hydrogen) atoms. The van der Waals surface area contributed by atoms with E-state index < -0.39 is 0 Å². The van der Waals surface area contributed by atoms with Crippen molar-refractivity contribution in [2.75, 3.05) is 0 Å². The molecule has 0 radical (unpaired) electrons. The number of rotatable bonds is 4. The number of benzene rings is 1. The van der Waals surface area contributed by atoms with E-state index >= 15 is 0 Å². The van der Waals surface area contributed by atoms with Crippen molar-refractivity contribution in [2.24, 2.45) is 17.8 Å². The average molecular weight is 269 g/mol. The molecular weight excluding hydrogens is 246 g/mol. The van der Waals surface area contributed by atoms with Gasteiger partial charge in [-0.2, -0.15) is 0 Å². The van der Waals surface area contributed by atoms with Gasteiger partial charge in [-0.25, -0.2) is 0 Å². The zero-order valence-corrected chi connectivity index (χ0v) is 12.1. The highest BCUT2D eigenvalue weighted by molar-refractivity contribution is 5.91. The maximum Gasteiger partial charge on any atom is 0.244 e.